The maximum absolute atomic E-state index is 13.6. The van der Waals surface area contributed by atoms with Crippen LogP contribution < -0.4 is 4.74 Å². The average Bonchev–Trinajstić information content (AvgIpc) is 3.02. The molecule has 31 heavy (non-hydrogen) atoms. The molecule has 0 bridgehead atoms. The van der Waals surface area contributed by atoms with Crippen molar-refractivity contribution in [3.8, 4) is 5.75 Å². The fourth-order valence-corrected chi connectivity index (χ4v) is 5.07. The number of rotatable bonds is 13. The van der Waals surface area contributed by atoms with Crippen molar-refractivity contribution in [2.24, 2.45) is 17.0 Å². The van der Waals surface area contributed by atoms with E-state index in [9.17, 15) is 29.3 Å². The number of unbranched alkanes of at least 4 members (excludes halogenated alkanes) is 3. The van der Waals surface area contributed by atoms with E-state index in [4.69, 9.17) is 4.74 Å². The molecule has 0 aromatic heterocycles. The lowest BCUT2D eigenvalue weighted by atomic mass is 9.85. The van der Waals surface area contributed by atoms with Gasteiger partial charge in [-0.15, -0.1) is 0 Å². The number of halogens is 1. The normalized spacial score (nSPS) is 25.5. The number of aliphatic hydroxyl groups is 2. The zero-order chi connectivity index (χ0) is 22.9. The lowest BCUT2D eigenvalue weighted by Crippen LogP contribution is -2.24. The van der Waals surface area contributed by atoms with Gasteiger partial charge in [0.1, 0.15) is 6.61 Å². The van der Waals surface area contributed by atoms with E-state index in [0.29, 0.717) is 37.6 Å². The molecule has 1 aliphatic carbocycles. The van der Waals surface area contributed by atoms with Gasteiger partial charge in [0.05, 0.1) is 17.9 Å². The minimum atomic E-state index is -2.95. The van der Waals surface area contributed by atoms with Crippen LogP contribution in [0.2, 0.25) is 0 Å². The van der Waals surface area contributed by atoms with E-state index in [1.165, 1.54) is 18.8 Å². The van der Waals surface area contributed by atoms with Crippen LogP contribution in [0.25, 0.3) is 0 Å². The molecule has 4 N–H and O–H groups in total. The quantitative estimate of drug-likeness (QED) is 0.153. The number of hydrogen-bond donors (Lipinski definition) is 4. The number of aliphatic hydroxyl groups excluding tert-OH is 2. The molecule has 1 fully saturated rings. The Morgan fingerprint density at radius 1 is 1.23 bits per heavy atom. The summed E-state index contributed by atoms with van der Waals surface area (Å²) in [7, 11) is -2.95. The monoisotopic (exact) mass is 459 g/mol. The zero-order valence-corrected chi connectivity index (χ0v) is 19.0. The molecular formula is C22H35FNO6P. The summed E-state index contributed by atoms with van der Waals surface area (Å²) in [6.45, 7) is 1.33. The van der Waals surface area contributed by atoms with Gasteiger partial charge in [-0.05, 0) is 43.7 Å². The largest absolute Gasteiger partial charge is 0.488 e. The van der Waals surface area contributed by atoms with Crippen LogP contribution in [0.5, 0.6) is 5.75 Å². The molecule has 0 spiro atoms. The Labute approximate surface area is 183 Å². The molecule has 2 rings (SSSR count). The molecule has 0 radical (unpaired) electrons. The van der Waals surface area contributed by atoms with Gasteiger partial charge in [-0.2, -0.15) is 0 Å². The Morgan fingerprint density at radius 2 is 1.94 bits per heavy atom. The van der Waals surface area contributed by atoms with Gasteiger partial charge in [-0.1, -0.05) is 36.6 Å². The van der Waals surface area contributed by atoms with Crippen LogP contribution in [0, 0.1) is 17.7 Å². The van der Waals surface area contributed by atoms with Crippen molar-refractivity contribution in [1.29, 1.82) is 0 Å². The van der Waals surface area contributed by atoms with E-state index in [2.05, 4.69) is 5.16 Å². The molecule has 7 nitrogen and oxygen atoms in total. The van der Waals surface area contributed by atoms with Crippen LogP contribution in [-0.2, 0) is 4.57 Å². The molecule has 1 aromatic carbocycles. The smallest absolute Gasteiger partial charge is 0.197 e. The molecule has 0 heterocycles. The van der Waals surface area contributed by atoms with Gasteiger partial charge < -0.3 is 25.1 Å². The summed E-state index contributed by atoms with van der Waals surface area (Å²) in [4.78, 5) is 9.33. The second-order valence-electron chi connectivity index (χ2n) is 8.58. The maximum atomic E-state index is 13.6. The Kier molecular flexibility index (Phi) is 10.4. The van der Waals surface area contributed by atoms with Crippen LogP contribution in [0.1, 0.15) is 51.4 Å². The zero-order valence-electron chi connectivity index (χ0n) is 18.1. The number of para-hydroxylation sites is 1. The first-order valence-corrected chi connectivity index (χ1v) is 13.2. The Hall–Kier alpha value is -1.47. The first kappa shape index (κ1) is 25.8. The van der Waals surface area contributed by atoms with Crippen molar-refractivity contribution in [3.05, 3.63) is 30.1 Å². The van der Waals surface area contributed by atoms with Crippen LogP contribution >= 0.6 is 7.37 Å². The van der Waals surface area contributed by atoms with Crippen LogP contribution in [0.15, 0.2) is 29.4 Å². The van der Waals surface area contributed by atoms with Gasteiger partial charge in [0, 0.05) is 25.2 Å². The van der Waals surface area contributed by atoms with E-state index in [1.807, 2.05) is 0 Å². The van der Waals surface area contributed by atoms with Crippen LogP contribution in [0.3, 0.4) is 0 Å². The number of ether oxygens (including phenoxy) is 1. The van der Waals surface area contributed by atoms with E-state index in [0.717, 1.165) is 25.7 Å². The summed E-state index contributed by atoms with van der Waals surface area (Å²) < 4.78 is 30.3. The van der Waals surface area contributed by atoms with Gasteiger partial charge in [0.2, 0.25) is 0 Å². The molecule has 1 aromatic rings. The summed E-state index contributed by atoms with van der Waals surface area (Å²) in [6, 6.07) is 6.02. The maximum Gasteiger partial charge on any atom is 0.197 e. The predicted molar refractivity (Wildman–Crippen MR) is 118 cm³/mol. The molecule has 0 saturated heterocycles. The summed E-state index contributed by atoms with van der Waals surface area (Å²) in [5.41, 5.74) is 0.548. The van der Waals surface area contributed by atoms with E-state index in [1.54, 1.807) is 12.1 Å². The Bertz CT molecular complexity index is 755. The second kappa shape index (κ2) is 12.5. The molecular weight excluding hydrogens is 424 g/mol. The first-order chi connectivity index (χ1) is 14.7. The SMILES string of the molecule is CP(=O)(O)CCCCCCC1C(O)C/C(=N/O)C1CCC(O)COc1ccccc1F. The summed E-state index contributed by atoms with van der Waals surface area (Å²) in [5, 5.41) is 33.4. The highest BCUT2D eigenvalue weighted by Crippen LogP contribution is 2.38. The van der Waals surface area contributed by atoms with Crippen molar-refractivity contribution in [3.63, 3.8) is 0 Å². The van der Waals surface area contributed by atoms with E-state index >= 15 is 0 Å². The molecule has 5 unspecified atom stereocenters. The predicted octanol–water partition coefficient (Wildman–Crippen LogP) is 4.02. The average molecular weight is 459 g/mol. The van der Waals surface area contributed by atoms with Gasteiger partial charge in [0.15, 0.2) is 18.9 Å². The molecule has 0 amide bonds. The highest BCUT2D eigenvalue weighted by Gasteiger charge is 2.39. The highest BCUT2D eigenvalue weighted by molar-refractivity contribution is 7.57. The molecule has 9 heteroatoms. The topological polar surface area (TPSA) is 120 Å². The molecule has 5 atom stereocenters. The number of benzene rings is 1. The van der Waals surface area contributed by atoms with Crippen molar-refractivity contribution in [2.75, 3.05) is 19.4 Å². The number of oxime groups is 1. The summed E-state index contributed by atoms with van der Waals surface area (Å²) >= 11 is 0. The van der Waals surface area contributed by atoms with Crippen LogP contribution in [0.4, 0.5) is 4.39 Å². The van der Waals surface area contributed by atoms with Crippen molar-refractivity contribution in [1.82, 2.24) is 0 Å². The lowest BCUT2D eigenvalue weighted by Gasteiger charge is -2.23. The van der Waals surface area contributed by atoms with Crippen molar-refractivity contribution >= 4 is 13.1 Å². The van der Waals surface area contributed by atoms with Gasteiger partial charge in [0.25, 0.3) is 0 Å². The summed E-state index contributed by atoms with van der Waals surface area (Å²) in [5.74, 6) is -0.574. The summed E-state index contributed by atoms with van der Waals surface area (Å²) in [6.07, 6.45) is 4.27. The third-order valence-electron chi connectivity index (χ3n) is 5.93. The molecule has 1 saturated carbocycles. The fraction of sp³-hybridized carbons (Fsp3) is 0.682. The number of hydrogen-bond acceptors (Lipinski definition) is 6. The Morgan fingerprint density at radius 3 is 2.61 bits per heavy atom. The van der Waals surface area contributed by atoms with Gasteiger partial charge >= 0.3 is 0 Å². The third kappa shape index (κ3) is 8.89. The van der Waals surface area contributed by atoms with Gasteiger partial charge in [-0.25, -0.2) is 4.39 Å². The number of nitrogens with zero attached hydrogens (tertiary/aromatic N) is 1. The Balaban J connectivity index is 1.78. The van der Waals surface area contributed by atoms with Crippen LogP contribution in [-0.4, -0.2) is 57.7 Å². The molecule has 1 aliphatic rings. The van der Waals surface area contributed by atoms with Gasteiger partial charge in [-0.3, -0.25) is 4.57 Å². The van der Waals surface area contributed by atoms with Crippen molar-refractivity contribution in [2.45, 2.75) is 63.6 Å². The minimum Gasteiger partial charge on any atom is -0.488 e. The van der Waals surface area contributed by atoms with E-state index < -0.39 is 25.4 Å². The lowest BCUT2D eigenvalue weighted by molar-refractivity contribution is 0.0801. The fourth-order valence-electron chi connectivity index (χ4n) is 4.26. The molecule has 176 valence electrons. The highest BCUT2D eigenvalue weighted by atomic mass is 31.2. The molecule has 0 aliphatic heterocycles. The van der Waals surface area contributed by atoms with E-state index in [-0.39, 0.29) is 24.2 Å². The standard InChI is InChI=1S/C22H35FNO6P/c1-31(28,29)13-7-3-2-4-8-18-17(20(24-27)14-21(18)26)12-11-16(25)15-30-22-10-6-5-9-19(22)23/h5-6,9-10,16-18,21,25-27H,2-4,7-8,11-15H2,1H3,(H,28,29)/b24-20-. The minimum absolute atomic E-state index is 0.0430. The second-order valence-corrected chi connectivity index (χ2v) is 11.1. The first-order valence-electron chi connectivity index (χ1n) is 10.9. The van der Waals surface area contributed by atoms with Crippen molar-refractivity contribution < 1.29 is 34.0 Å². The third-order valence-corrected chi connectivity index (χ3v) is 7.07.